The minimum Gasteiger partial charge on any atom is -0.493 e. The summed E-state index contributed by atoms with van der Waals surface area (Å²) in [6, 6.07) is 16.6. The van der Waals surface area contributed by atoms with Gasteiger partial charge < -0.3 is 24.8 Å². The first-order valence-electron chi connectivity index (χ1n) is 19.0. The fraction of sp³-hybridized carbons (Fsp3) is 0.571. The molecule has 7 nitrogen and oxygen atoms in total. The smallest absolute Gasteiger partial charge is 0.329 e. The number of anilines is 1. The van der Waals surface area contributed by atoms with Crippen molar-refractivity contribution in [2.24, 2.45) is 11.8 Å². The quantitative estimate of drug-likeness (QED) is 0.207. The third-order valence-electron chi connectivity index (χ3n) is 12.6. The zero-order valence-electron chi connectivity index (χ0n) is 30.1. The second-order valence-corrected chi connectivity index (χ2v) is 16.4. The van der Waals surface area contributed by atoms with Gasteiger partial charge in [0.05, 0.1) is 6.61 Å². The van der Waals surface area contributed by atoms with Gasteiger partial charge in [0.25, 0.3) is 0 Å². The Morgan fingerprint density at radius 3 is 2.70 bits per heavy atom. The van der Waals surface area contributed by atoms with Crippen molar-refractivity contribution in [2.45, 2.75) is 114 Å². The molecule has 0 radical (unpaired) electrons. The Bertz CT molecular complexity index is 1670. The molecule has 3 aromatic rings. The Balaban J connectivity index is 1.12. The Labute approximate surface area is 303 Å². The van der Waals surface area contributed by atoms with E-state index in [4.69, 9.17) is 21.1 Å². The molecule has 1 aromatic heterocycles. The summed E-state index contributed by atoms with van der Waals surface area (Å²) in [6.07, 6.45) is 13.7. The molecule has 0 amide bonds. The number of hydrogen-bond donors (Lipinski definition) is 2. The molecule has 2 N–H and O–H groups in total. The third kappa shape index (κ3) is 7.10. The van der Waals surface area contributed by atoms with E-state index in [2.05, 4.69) is 54.3 Å². The number of ether oxygens (including phenoxy) is 2. The fourth-order valence-corrected chi connectivity index (χ4v) is 9.90. The zero-order chi connectivity index (χ0) is 34.9. The number of likely N-dealkylation sites (N-methyl/N-ethyl adjacent to an activating group) is 1. The number of aliphatic carboxylic acids is 1. The number of piperidine rings is 1. The van der Waals surface area contributed by atoms with E-state index < -0.39 is 11.5 Å². The number of likely N-dealkylation sites (tertiary alicyclic amines) is 1. The van der Waals surface area contributed by atoms with Gasteiger partial charge >= 0.3 is 5.97 Å². The number of pyridine rings is 1. The first-order chi connectivity index (χ1) is 24.2. The second-order valence-electron chi connectivity index (χ2n) is 16.0. The number of benzene rings is 2. The van der Waals surface area contributed by atoms with Crippen molar-refractivity contribution in [3.05, 3.63) is 82.1 Å². The van der Waals surface area contributed by atoms with Crippen LogP contribution in [0.1, 0.15) is 106 Å². The van der Waals surface area contributed by atoms with E-state index in [1.165, 1.54) is 54.5 Å². The van der Waals surface area contributed by atoms with E-state index in [0.29, 0.717) is 54.9 Å². The summed E-state index contributed by atoms with van der Waals surface area (Å²) in [5.41, 5.74) is 4.83. The predicted octanol–water partition coefficient (Wildman–Crippen LogP) is 9.06. The topological polar surface area (TPSA) is 83.9 Å². The van der Waals surface area contributed by atoms with E-state index in [9.17, 15) is 9.90 Å². The summed E-state index contributed by atoms with van der Waals surface area (Å²) in [5.74, 6) is 2.33. The van der Waals surface area contributed by atoms with Gasteiger partial charge in [-0.25, -0.2) is 4.79 Å². The van der Waals surface area contributed by atoms with E-state index >= 15 is 0 Å². The van der Waals surface area contributed by atoms with Crippen LogP contribution >= 0.6 is 11.6 Å². The van der Waals surface area contributed by atoms with Crippen LogP contribution in [0.25, 0.3) is 0 Å². The van der Waals surface area contributed by atoms with Gasteiger partial charge in [0.1, 0.15) is 23.6 Å². The average molecular weight is 700 g/mol. The van der Waals surface area contributed by atoms with E-state index in [0.717, 1.165) is 55.8 Å². The van der Waals surface area contributed by atoms with Crippen LogP contribution in [0.2, 0.25) is 5.02 Å². The highest BCUT2D eigenvalue weighted by Gasteiger charge is 2.54. The van der Waals surface area contributed by atoms with E-state index in [1.54, 1.807) is 0 Å². The molecule has 268 valence electrons. The highest BCUT2D eigenvalue weighted by Crippen LogP contribution is 2.57. The molecule has 3 aliphatic carbocycles. The van der Waals surface area contributed by atoms with Crippen molar-refractivity contribution >= 4 is 23.3 Å². The highest BCUT2D eigenvalue weighted by molar-refractivity contribution is 6.30. The molecule has 4 aliphatic rings. The maximum Gasteiger partial charge on any atom is 0.329 e. The molecular weight excluding hydrogens is 646 g/mol. The van der Waals surface area contributed by atoms with E-state index in [1.807, 2.05) is 36.5 Å². The normalized spacial score (nSPS) is 28.4. The number of aryl methyl sites for hydroxylation is 1. The lowest BCUT2D eigenvalue weighted by Crippen LogP contribution is -2.53. The first kappa shape index (κ1) is 35.1. The predicted molar refractivity (Wildman–Crippen MR) is 200 cm³/mol. The van der Waals surface area contributed by atoms with Crippen LogP contribution in [0.15, 0.2) is 54.7 Å². The lowest BCUT2D eigenvalue weighted by Gasteiger charge is -2.47. The van der Waals surface area contributed by atoms with Crippen LogP contribution in [-0.2, 0) is 23.1 Å². The molecule has 50 heavy (non-hydrogen) atoms. The first-order valence-corrected chi connectivity index (χ1v) is 19.4. The van der Waals surface area contributed by atoms with Crippen molar-refractivity contribution < 1.29 is 19.4 Å². The summed E-state index contributed by atoms with van der Waals surface area (Å²) < 4.78 is 13.1. The van der Waals surface area contributed by atoms with Gasteiger partial charge in [-0.3, -0.25) is 4.98 Å². The summed E-state index contributed by atoms with van der Waals surface area (Å²) in [5, 5.41) is 14.7. The Hall–Kier alpha value is -3.29. The zero-order valence-corrected chi connectivity index (χ0v) is 30.8. The lowest BCUT2D eigenvalue weighted by atomic mass is 9.59. The largest absolute Gasteiger partial charge is 0.493 e. The number of aromatic nitrogens is 1. The monoisotopic (exact) mass is 699 g/mol. The molecular formula is C42H54ClN3O4. The SMILES string of the molecule is C[C@@H](COc1ccnc2c1[C@H](C)CCC2)C[C@H]1Cc2ccc(OC[C@@H]3CCCCN3C)cc2C12CCC(Nc1cccc(Cl)c1)(C(=O)O)CC2. The second kappa shape index (κ2) is 14.7. The molecule has 1 saturated heterocycles. The van der Waals surface area contributed by atoms with Crippen molar-refractivity contribution in [2.75, 3.05) is 32.1 Å². The lowest BCUT2D eigenvalue weighted by molar-refractivity contribution is -0.144. The Morgan fingerprint density at radius 1 is 1.08 bits per heavy atom. The van der Waals surface area contributed by atoms with Crippen molar-refractivity contribution in [1.29, 1.82) is 0 Å². The van der Waals surface area contributed by atoms with Gasteiger partial charge in [-0.15, -0.1) is 0 Å². The molecule has 1 aliphatic heterocycles. The molecule has 7 rings (SSSR count). The van der Waals surface area contributed by atoms with Crippen LogP contribution in [0, 0.1) is 11.8 Å². The number of rotatable bonds is 11. The Kier molecular flexibility index (Phi) is 10.4. The van der Waals surface area contributed by atoms with Gasteiger partial charge in [0.2, 0.25) is 0 Å². The van der Waals surface area contributed by atoms with Crippen LogP contribution in [0.5, 0.6) is 11.5 Å². The minimum absolute atomic E-state index is 0.121. The van der Waals surface area contributed by atoms with Gasteiger partial charge in [-0.1, -0.05) is 44.0 Å². The molecule has 0 bridgehead atoms. The van der Waals surface area contributed by atoms with Gasteiger partial charge in [-0.05, 0) is 155 Å². The molecule has 1 spiro atoms. The van der Waals surface area contributed by atoms with Crippen LogP contribution in [0.3, 0.4) is 0 Å². The number of nitrogens with one attached hydrogen (secondary N) is 1. The highest BCUT2D eigenvalue weighted by atomic mass is 35.5. The summed E-state index contributed by atoms with van der Waals surface area (Å²) in [6.45, 7) is 7.09. The Morgan fingerprint density at radius 2 is 1.92 bits per heavy atom. The standard InChI is InChI=1S/C42H54ClN3O4/c1-28(26-50-38-15-20-44-37-12-6-8-29(2)39(37)38)22-31-23-30-13-14-35(49-27-34-11-4-5-21-46(34)3)25-36(30)41(31)16-18-42(19-17-41,40(47)48)45-33-10-7-9-32(43)24-33/h7,9-10,13-15,20,24-25,28-29,31,34,45H,4-6,8,11-12,16-19,21-23,26-27H2,1-3H3,(H,47,48)/t28-,29-,31+,34+,41?,42?/m1/s1. The molecule has 2 aromatic carbocycles. The van der Waals surface area contributed by atoms with E-state index in [-0.39, 0.29) is 5.41 Å². The molecule has 4 atom stereocenters. The number of carbonyl (C=O) groups is 1. The summed E-state index contributed by atoms with van der Waals surface area (Å²) in [4.78, 5) is 20.1. The summed E-state index contributed by atoms with van der Waals surface area (Å²) >= 11 is 6.30. The molecule has 2 fully saturated rings. The van der Waals surface area contributed by atoms with Crippen LogP contribution in [0.4, 0.5) is 5.69 Å². The van der Waals surface area contributed by atoms with Crippen molar-refractivity contribution in [3.63, 3.8) is 0 Å². The maximum absolute atomic E-state index is 13.0. The minimum atomic E-state index is -1.05. The van der Waals surface area contributed by atoms with Crippen LogP contribution < -0.4 is 14.8 Å². The maximum atomic E-state index is 13.0. The number of carboxylic acids is 1. The molecule has 0 unspecified atom stereocenters. The molecule has 2 heterocycles. The van der Waals surface area contributed by atoms with Crippen molar-refractivity contribution in [3.8, 4) is 11.5 Å². The number of hydrogen-bond acceptors (Lipinski definition) is 6. The third-order valence-corrected chi connectivity index (χ3v) is 12.9. The number of halogens is 1. The van der Waals surface area contributed by atoms with Gasteiger partial charge in [0.15, 0.2) is 0 Å². The fourth-order valence-electron chi connectivity index (χ4n) is 9.71. The molecule has 8 heteroatoms. The van der Waals surface area contributed by atoms with Crippen LogP contribution in [-0.4, -0.2) is 59.3 Å². The van der Waals surface area contributed by atoms with Gasteiger partial charge in [0, 0.05) is 34.2 Å². The average Bonchev–Trinajstić information content (AvgIpc) is 3.39. The van der Waals surface area contributed by atoms with Gasteiger partial charge in [-0.2, -0.15) is 0 Å². The number of fused-ring (bicyclic) bond motifs is 3. The molecule has 1 saturated carbocycles. The number of nitrogens with zero attached hydrogens (tertiary/aromatic N) is 2. The number of carboxylic acid groups (broad SMARTS) is 1. The summed E-state index contributed by atoms with van der Waals surface area (Å²) in [7, 11) is 2.21. The van der Waals surface area contributed by atoms with Crippen molar-refractivity contribution in [1.82, 2.24) is 9.88 Å².